The fourth-order valence-corrected chi connectivity index (χ4v) is 3.21. The lowest BCUT2D eigenvalue weighted by Gasteiger charge is -2.46. The molecule has 2 rings (SSSR count). The van der Waals surface area contributed by atoms with Crippen molar-refractivity contribution in [2.45, 2.75) is 24.3 Å². The second kappa shape index (κ2) is 3.81. The minimum Gasteiger partial charge on any atom is -0.373 e. The van der Waals surface area contributed by atoms with Crippen LogP contribution in [0, 0.1) is 0 Å². The molecular weight excluding hydrogens is 206 g/mol. The first-order valence-electron chi connectivity index (χ1n) is 5.23. The van der Waals surface area contributed by atoms with Gasteiger partial charge in [0.25, 0.3) is 0 Å². The van der Waals surface area contributed by atoms with Crippen molar-refractivity contribution in [2.24, 2.45) is 0 Å². The van der Waals surface area contributed by atoms with E-state index in [4.69, 9.17) is 0 Å². The number of nitrogens with one attached hydrogen (secondary N) is 1. The molecule has 0 radical (unpaired) electrons. The van der Waals surface area contributed by atoms with Crippen LogP contribution < -0.4 is 5.32 Å². The van der Waals surface area contributed by atoms with E-state index in [-0.39, 0.29) is 5.54 Å². The zero-order chi connectivity index (χ0) is 10.9. The van der Waals surface area contributed by atoms with Crippen LogP contribution in [0.1, 0.15) is 19.4 Å². The molecule has 1 heterocycles. The van der Waals surface area contributed by atoms with E-state index in [2.05, 4.69) is 5.32 Å². The quantitative estimate of drug-likeness (QED) is 0.763. The molecule has 1 fully saturated rings. The second-order valence-electron chi connectivity index (χ2n) is 4.41. The largest absolute Gasteiger partial charge is 0.373 e. The van der Waals surface area contributed by atoms with Gasteiger partial charge >= 0.3 is 0 Å². The lowest BCUT2D eigenvalue weighted by Crippen LogP contribution is -2.59. The molecule has 1 aromatic carbocycles. The number of benzene rings is 1. The van der Waals surface area contributed by atoms with Gasteiger partial charge in [-0.05, 0) is 19.4 Å². The van der Waals surface area contributed by atoms with E-state index in [9.17, 15) is 5.11 Å². The summed E-state index contributed by atoms with van der Waals surface area (Å²) in [5, 5.41) is 14.1. The third kappa shape index (κ3) is 1.80. The molecule has 2 N–H and O–H groups in total. The molecule has 0 aliphatic carbocycles. The molecule has 82 valence electrons. The minimum absolute atomic E-state index is 0.294. The van der Waals surface area contributed by atoms with Crippen molar-refractivity contribution in [3.05, 3.63) is 35.9 Å². The fraction of sp³-hybridized carbons (Fsp3) is 0.500. The lowest BCUT2D eigenvalue weighted by atomic mass is 9.90. The van der Waals surface area contributed by atoms with Crippen molar-refractivity contribution in [3.63, 3.8) is 0 Å². The van der Waals surface area contributed by atoms with Crippen LogP contribution in [-0.2, 0) is 4.93 Å². The minimum atomic E-state index is -0.827. The highest BCUT2D eigenvalue weighted by atomic mass is 32.2. The molecule has 0 bridgehead atoms. The summed E-state index contributed by atoms with van der Waals surface area (Å²) in [5.74, 6) is 0.939. The zero-order valence-corrected chi connectivity index (χ0v) is 9.97. The maximum absolute atomic E-state index is 10.8. The summed E-state index contributed by atoms with van der Waals surface area (Å²) in [5.41, 5.74) is 0.685. The first-order valence-corrected chi connectivity index (χ1v) is 6.22. The van der Waals surface area contributed by atoms with Crippen LogP contribution in [0.3, 0.4) is 0 Å². The van der Waals surface area contributed by atoms with Crippen LogP contribution in [0.5, 0.6) is 0 Å². The van der Waals surface area contributed by atoms with Crippen LogP contribution in [0.25, 0.3) is 0 Å². The Hall–Kier alpha value is -0.510. The summed E-state index contributed by atoms with van der Waals surface area (Å²) in [7, 11) is 0. The van der Waals surface area contributed by atoms with Crippen molar-refractivity contribution in [1.82, 2.24) is 5.32 Å². The van der Waals surface area contributed by atoms with Gasteiger partial charge in [-0.1, -0.05) is 30.3 Å². The highest BCUT2D eigenvalue weighted by Gasteiger charge is 2.47. The van der Waals surface area contributed by atoms with Gasteiger partial charge in [0.05, 0.1) is 5.54 Å². The van der Waals surface area contributed by atoms with Crippen molar-refractivity contribution in [1.29, 1.82) is 0 Å². The number of rotatable bonds is 1. The number of hydrogen-bond acceptors (Lipinski definition) is 3. The zero-order valence-electron chi connectivity index (χ0n) is 9.16. The summed E-state index contributed by atoms with van der Waals surface area (Å²) in [6, 6.07) is 9.89. The molecule has 0 amide bonds. The Balaban J connectivity index is 2.40. The van der Waals surface area contributed by atoms with Crippen LogP contribution in [0.15, 0.2) is 30.3 Å². The van der Waals surface area contributed by atoms with Crippen molar-refractivity contribution >= 4 is 11.8 Å². The van der Waals surface area contributed by atoms with Gasteiger partial charge in [-0.15, -0.1) is 11.8 Å². The first-order chi connectivity index (χ1) is 7.06. The van der Waals surface area contributed by atoms with E-state index in [1.807, 2.05) is 44.2 Å². The van der Waals surface area contributed by atoms with Gasteiger partial charge in [-0.3, -0.25) is 0 Å². The summed E-state index contributed by atoms with van der Waals surface area (Å²) >= 11 is 1.62. The molecule has 1 unspecified atom stereocenters. The number of hydrogen-bond donors (Lipinski definition) is 2. The summed E-state index contributed by atoms with van der Waals surface area (Å²) in [4.78, 5) is -0.827. The molecule has 2 nitrogen and oxygen atoms in total. The predicted octanol–water partition coefficient (Wildman–Crippen LogP) is 1.95. The highest BCUT2D eigenvalue weighted by molar-refractivity contribution is 8.00. The van der Waals surface area contributed by atoms with Gasteiger partial charge in [0.15, 0.2) is 4.93 Å². The van der Waals surface area contributed by atoms with Crippen molar-refractivity contribution in [3.8, 4) is 0 Å². The van der Waals surface area contributed by atoms with Gasteiger partial charge < -0.3 is 10.4 Å². The number of thioether (sulfide) groups is 1. The fourth-order valence-electron chi connectivity index (χ4n) is 1.97. The normalized spacial score (nSPS) is 30.1. The van der Waals surface area contributed by atoms with Gasteiger partial charge in [0.2, 0.25) is 0 Å². The molecule has 1 atom stereocenters. The van der Waals surface area contributed by atoms with Crippen LogP contribution in [0.2, 0.25) is 0 Å². The molecule has 1 aromatic rings. The SMILES string of the molecule is CC1(C)NCCSC1(O)c1ccccc1. The van der Waals surface area contributed by atoms with E-state index in [0.717, 1.165) is 17.9 Å². The molecule has 1 aliphatic heterocycles. The molecule has 15 heavy (non-hydrogen) atoms. The van der Waals surface area contributed by atoms with Crippen LogP contribution >= 0.6 is 11.8 Å². The topological polar surface area (TPSA) is 32.3 Å². The van der Waals surface area contributed by atoms with E-state index < -0.39 is 4.93 Å². The Labute approximate surface area is 95.1 Å². The van der Waals surface area contributed by atoms with Gasteiger partial charge in [-0.2, -0.15) is 0 Å². The Morgan fingerprint density at radius 2 is 1.93 bits per heavy atom. The van der Waals surface area contributed by atoms with Crippen molar-refractivity contribution < 1.29 is 5.11 Å². The molecule has 0 spiro atoms. The standard InChI is InChI=1S/C12H17NOS/c1-11(2)12(14,15-9-8-13-11)10-6-4-3-5-7-10/h3-7,13-14H,8-9H2,1-2H3. The molecule has 3 heteroatoms. The van der Waals surface area contributed by atoms with Gasteiger partial charge in [-0.25, -0.2) is 0 Å². The Morgan fingerprint density at radius 3 is 2.53 bits per heavy atom. The van der Waals surface area contributed by atoms with Gasteiger partial charge in [0, 0.05) is 12.3 Å². The molecule has 1 saturated heterocycles. The number of aliphatic hydroxyl groups is 1. The monoisotopic (exact) mass is 223 g/mol. The Bertz CT molecular complexity index is 339. The lowest BCUT2D eigenvalue weighted by molar-refractivity contribution is 0.0398. The van der Waals surface area contributed by atoms with Crippen molar-refractivity contribution in [2.75, 3.05) is 12.3 Å². The Morgan fingerprint density at radius 1 is 1.27 bits per heavy atom. The molecular formula is C12H17NOS. The average molecular weight is 223 g/mol. The second-order valence-corrected chi connectivity index (χ2v) is 5.70. The predicted molar refractivity (Wildman–Crippen MR) is 64.9 cm³/mol. The Kier molecular flexibility index (Phi) is 2.79. The van der Waals surface area contributed by atoms with Crippen LogP contribution in [0.4, 0.5) is 0 Å². The summed E-state index contributed by atoms with van der Waals surface area (Å²) < 4.78 is 0. The van der Waals surface area contributed by atoms with Gasteiger partial charge in [0.1, 0.15) is 0 Å². The molecule has 0 aromatic heterocycles. The third-order valence-corrected chi connectivity index (χ3v) is 4.56. The van der Waals surface area contributed by atoms with E-state index in [0.29, 0.717) is 0 Å². The summed E-state index contributed by atoms with van der Waals surface area (Å²) in [6.07, 6.45) is 0. The first kappa shape index (κ1) is 11.0. The average Bonchev–Trinajstić information content (AvgIpc) is 2.24. The van der Waals surface area contributed by atoms with Crippen LogP contribution in [-0.4, -0.2) is 22.9 Å². The molecule has 1 aliphatic rings. The molecule has 0 saturated carbocycles. The van der Waals surface area contributed by atoms with E-state index >= 15 is 0 Å². The maximum atomic E-state index is 10.8. The smallest absolute Gasteiger partial charge is 0.153 e. The third-order valence-electron chi connectivity index (χ3n) is 2.99. The summed E-state index contributed by atoms with van der Waals surface area (Å²) in [6.45, 7) is 5.05. The van der Waals surface area contributed by atoms with E-state index in [1.54, 1.807) is 11.8 Å². The van der Waals surface area contributed by atoms with E-state index in [1.165, 1.54) is 0 Å². The maximum Gasteiger partial charge on any atom is 0.153 e. The highest BCUT2D eigenvalue weighted by Crippen LogP contribution is 2.44.